The highest BCUT2D eigenvalue weighted by atomic mass is 16.5. The SMILES string of the molecule is CCCCCCCC[N+](C)(C)CCOc1ccc(N=Nc2ccc(OCC[N+](C)(C)CCCCCCCC)cc2)cc1. The number of azo groups is 1. The van der Waals surface area contributed by atoms with Gasteiger partial charge in [-0.25, -0.2) is 0 Å². The molecule has 0 saturated carbocycles. The third kappa shape index (κ3) is 16.9. The van der Waals surface area contributed by atoms with E-state index in [1.807, 2.05) is 48.5 Å². The van der Waals surface area contributed by atoms with Crippen LogP contribution in [0.15, 0.2) is 58.8 Å². The second kappa shape index (κ2) is 20.5. The Hall–Kier alpha value is -2.44. The summed E-state index contributed by atoms with van der Waals surface area (Å²) in [6, 6.07) is 15.7. The first-order chi connectivity index (χ1) is 20.2. The zero-order chi connectivity index (χ0) is 30.5. The van der Waals surface area contributed by atoms with Crippen LogP contribution < -0.4 is 9.47 Å². The fraction of sp³-hybridized carbons (Fsp3) is 0.667. The molecule has 6 nitrogen and oxygen atoms in total. The summed E-state index contributed by atoms with van der Waals surface area (Å²) in [5.41, 5.74) is 1.62. The molecule has 0 aromatic heterocycles. The maximum absolute atomic E-state index is 6.02. The first-order valence-electron chi connectivity index (χ1n) is 16.7. The van der Waals surface area contributed by atoms with Crippen molar-refractivity contribution in [2.24, 2.45) is 10.2 Å². The van der Waals surface area contributed by atoms with Crippen molar-refractivity contribution in [1.82, 2.24) is 0 Å². The van der Waals surface area contributed by atoms with Gasteiger partial charge in [-0.15, -0.1) is 0 Å². The van der Waals surface area contributed by atoms with Gasteiger partial charge < -0.3 is 18.4 Å². The third-order valence-electron chi connectivity index (χ3n) is 8.12. The van der Waals surface area contributed by atoms with Crippen LogP contribution in [0.4, 0.5) is 11.4 Å². The lowest BCUT2D eigenvalue weighted by molar-refractivity contribution is -0.890. The van der Waals surface area contributed by atoms with Crippen molar-refractivity contribution >= 4 is 11.4 Å². The average Bonchev–Trinajstić information content (AvgIpc) is 2.97. The van der Waals surface area contributed by atoms with Gasteiger partial charge in [-0.1, -0.05) is 65.2 Å². The van der Waals surface area contributed by atoms with Gasteiger partial charge in [-0.3, -0.25) is 0 Å². The van der Waals surface area contributed by atoms with Crippen LogP contribution in [0.2, 0.25) is 0 Å². The molecule has 2 aromatic rings. The van der Waals surface area contributed by atoms with E-state index in [2.05, 4.69) is 52.3 Å². The van der Waals surface area contributed by atoms with Gasteiger partial charge in [0.15, 0.2) is 0 Å². The van der Waals surface area contributed by atoms with Crippen molar-refractivity contribution in [2.45, 2.75) is 90.9 Å². The lowest BCUT2D eigenvalue weighted by Gasteiger charge is -2.29. The van der Waals surface area contributed by atoms with Crippen molar-refractivity contribution in [3.05, 3.63) is 48.5 Å². The third-order valence-corrected chi connectivity index (χ3v) is 8.12. The fourth-order valence-electron chi connectivity index (χ4n) is 5.02. The molecule has 6 heteroatoms. The van der Waals surface area contributed by atoms with E-state index in [4.69, 9.17) is 9.47 Å². The predicted molar refractivity (Wildman–Crippen MR) is 178 cm³/mol. The highest BCUT2D eigenvalue weighted by Gasteiger charge is 2.15. The second-order valence-corrected chi connectivity index (χ2v) is 13.2. The highest BCUT2D eigenvalue weighted by molar-refractivity contribution is 5.44. The summed E-state index contributed by atoms with van der Waals surface area (Å²) < 4.78 is 14.0. The Kier molecular flexibility index (Phi) is 17.4. The number of hydrogen-bond acceptors (Lipinski definition) is 4. The summed E-state index contributed by atoms with van der Waals surface area (Å²) in [5, 5.41) is 8.79. The molecular formula is C36H62N4O2+2. The van der Waals surface area contributed by atoms with Gasteiger partial charge in [-0.05, 0) is 74.2 Å². The average molecular weight is 583 g/mol. The zero-order valence-corrected chi connectivity index (χ0v) is 28.0. The Balaban J connectivity index is 1.66. The number of quaternary nitrogens is 2. The van der Waals surface area contributed by atoms with Gasteiger partial charge >= 0.3 is 0 Å². The first-order valence-corrected chi connectivity index (χ1v) is 16.7. The molecule has 0 bridgehead atoms. The van der Waals surface area contributed by atoms with Crippen LogP contribution in [0.1, 0.15) is 90.9 Å². The van der Waals surface area contributed by atoms with E-state index in [-0.39, 0.29) is 0 Å². The Bertz CT molecular complexity index is 891. The van der Waals surface area contributed by atoms with Crippen molar-refractivity contribution < 1.29 is 18.4 Å². The van der Waals surface area contributed by atoms with Crippen LogP contribution in [0.25, 0.3) is 0 Å². The van der Waals surface area contributed by atoms with E-state index in [1.165, 1.54) is 90.1 Å². The molecular weight excluding hydrogens is 520 g/mol. The van der Waals surface area contributed by atoms with Gasteiger partial charge in [0, 0.05) is 0 Å². The quantitative estimate of drug-likeness (QED) is 0.0702. The lowest BCUT2D eigenvalue weighted by atomic mass is 10.1. The first kappa shape index (κ1) is 35.8. The predicted octanol–water partition coefficient (Wildman–Crippen LogP) is 9.73. The topological polar surface area (TPSA) is 43.2 Å². The molecule has 0 saturated heterocycles. The molecule has 0 heterocycles. The molecule has 0 radical (unpaired) electrons. The molecule has 0 aliphatic carbocycles. The number of benzene rings is 2. The minimum atomic E-state index is 0.716. The zero-order valence-electron chi connectivity index (χ0n) is 28.0. The number of nitrogens with zero attached hydrogens (tertiary/aromatic N) is 4. The molecule has 0 spiro atoms. The molecule has 42 heavy (non-hydrogen) atoms. The van der Waals surface area contributed by atoms with Crippen LogP contribution >= 0.6 is 0 Å². The number of likely N-dealkylation sites (N-methyl/N-ethyl adjacent to an activating group) is 2. The van der Waals surface area contributed by atoms with Gasteiger partial charge in [0.05, 0.1) is 52.7 Å². The number of rotatable bonds is 24. The molecule has 0 fully saturated rings. The summed E-state index contributed by atoms with van der Waals surface area (Å²) in [4.78, 5) is 0. The Morgan fingerprint density at radius 3 is 1.14 bits per heavy atom. The number of ether oxygens (including phenoxy) is 2. The molecule has 236 valence electrons. The normalized spacial score (nSPS) is 12.2. The van der Waals surface area contributed by atoms with E-state index in [9.17, 15) is 0 Å². The lowest BCUT2D eigenvalue weighted by Crippen LogP contribution is -2.43. The van der Waals surface area contributed by atoms with Crippen molar-refractivity contribution in [2.75, 3.05) is 67.6 Å². The Labute approximate surface area is 258 Å². The Morgan fingerprint density at radius 2 is 0.786 bits per heavy atom. The number of unbranched alkanes of at least 4 members (excludes halogenated alkanes) is 10. The fourth-order valence-corrected chi connectivity index (χ4v) is 5.02. The summed E-state index contributed by atoms with van der Waals surface area (Å²) in [6.45, 7) is 10.4. The van der Waals surface area contributed by atoms with Crippen molar-refractivity contribution in [1.29, 1.82) is 0 Å². The second-order valence-electron chi connectivity index (χ2n) is 13.2. The minimum absolute atomic E-state index is 0.716. The van der Waals surface area contributed by atoms with Gasteiger partial charge in [-0.2, -0.15) is 10.2 Å². The minimum Gasteiger partial charge on any atom is -0.488 e. The molecule has 0 amide bonds. The van der Waals surface area contributed by atoms with Crippen LogP contribution in [-0.2, 0) is 0 Å². The number of hydrogen-bond donors (Lipinski definition) is 0. The molecule has 0 N–H and O–H groups in total. The van der Waals surface area contributed by atoms with Crippen LogP contribution in [0.3, 0.4) is 0 Å². The molecule has 0 aliphatic heterocycles. The Morgan fingerprint density at radius 1 is 0.452 bits per heavy atom. The van der Waals surface area contributed by atoms with Crippen molar-refractivity contribution in [3.8, 4) is 11.5 Å². The summed E-state index contributed by atoms with van der Waals surface area (Å²) >= 11 is 0. The van der Waals surface area contributed by atoms with Crippen molar-refractivity contribution in [3.63, 3.8) is 0 Å². The van der Waals surface area contributed by atoms with Gasteiger partial charge in [0.25, 0.3) is 0 Å². The van der Waals surface area contributed by atoms with E-state index >= 15 is 0 Å². The van der Waals surface area contributed by atoms with Crippen LogP contribution in [-0.4, -0.2) is 76.5 Å². The molecule has 2 aromatic carbocycles. The van der Waals surface area contributed by atoms with Gasteiger partial charge in [0.2, 0.25) is 0 Å². The largest absolute Gasteiger partial charge is 0.488 e. The van der Waals surface area contributed by atoms with E-state index in [0.29, 0.717) is 13.2 Å². The summed E-state index contributed by atoms with van der Waals surface area (Å²) in [6.07, 6.45) is 16.1. The smallest absolute Gasteiger partial charge is 0.137 e. The van der Waals surface area contributed by atoms with E-state index in [1.54, 1.807) is 0 Å². The standard InChI is InChI=1S/C36H62N4O2/c1-7-9-11-13-15-17-27-39(3,4)29-31-41-35-23-19-33(20-24-35)37-38-34-21-25-36(26-22-34)42-32-30-40(5,6)28-18-16-14-12-10-8-2/h19-26H,7-18,27-32H2,1-6H3/q+2. The van der Waals surface area contributed by atoms with E-state index in [0.717, 1.165) is 44.9 Å². The van der Waals surface area contributed by atoms with Crippen LogP contribution in [0.5, 0.6) is 11.5 Å². The maximum atomic E-state index is 6.02. The molecule has 0 unspecified atom stereocenters. The maximum Gasteiger partial charge on any atom is 0.137 e. The highest BCUT2D eigenvalue weighted by Crippen LogP contribution is 2.23. The van der Waals surface area contributed by atoms with E-state index < -0.39 is 0 Å². The monoisotopic (exact) mass is 582 g/mol. The molecule has 0 atom stereocenters. The van der Waals surface area contributed by atoms with Crippen LogP contribution in [0, 0.1) is 0 Å². The molecule has 0 aliphatic rings. The summed E-state index contributed by atoms with van der Waals surface area (Å²) in [5.74, 6) is 1.76. The molecule has 2 rings (SSSR count). The van der Waals surface area contributed by atoms with Gasteiger partial charge in [0.1, 0.15) is 37.8 Å². The summed E-state index contributed by atoms with van der Waals surface area (Å²) in [7, 11) is 9.20.